The lowest BCUT2D eigenvalue weighted by Gasteiger charge is -2.28. The topological polar surface area (TPSA) is 114 Å². The summed E-state index contributed by atoms with van der Waals surface area (Å²) < 4.78 is 21.2. The van der Waals surface area contributed by atoms with E-state index in [2.05, 4.69) is 25.7 Å². The number of carbonyl (C=O) groups excluding carboxylic acids is 1. The summed E-state index contributed by atoms with van der Waals surface area (Å²) >= 11 is 0. The van der Waals surface area contributed by atoms with Crippen molar-refractivity contribution in [3.63, 3.8) is 0 Å². The van der Waals surface area contributed by atoms with Gasteiger partial charge in [0, 0.05) is 19.2 Å². The van der Waals surface area contributed by atoms with E-state index in [9.17, 15) is 9.18 Å². The number of hydrogen-bond acceptors (Lipinski definition) is 7. The van der Waals surface area contributed by atoms with Crippen molar-refractivity contribution in [3.8, 4) is 5.88 Å². The molecule has 0 saturated heterocycles. The number of amides is 1. The van der Waals surface area contributed by atoms with Crippen LogP contribution >= 0.6 is 0 Å². The Hall–Kier alpha value is -2.75. The Morgan fingerprint density at radius 1 is 1.36 bits per heavy atom. The average molecular weight is 392 g/mol. The summed E-state index contributed by atoms with van der Waals surface area (Å²) in [5, 5.41) is 18.9. The monoisotopic (exact) mass is 392 g/mol. The predicted molar refractivity (Wildman–Crippen MR) is 99.6 cm³/mol. The van der Waals surface area contributed by atoms with Gasteiger partial charge in [-0.2, -0.15) is 14.5 Å². The minimum absolute atomic E-state index is 0.00955. The first-order valence-corrected chi connectivity index (χ1v) is 9.36. The van der Waals surface area contributed by atoms with Crippen molar-refractivity contribution >= 4 is 17.5 Å². The van der Waals surface area contributed by atoms with Gasteiger partial charge in [-0.15, -0.1) is 0 Å². The van der Waals surface area contributed by atoms with Gasteiger partial charge in [0.1, 0.15) is 0 Å². The second-order valence-corrected chi connectivity index (χ2v) is 6.92. The fourth-order valence-corrected chi connectivity index (χ4v) is 3.25. The highest BCUT2D eigenvalue weighted by molar-refractivity contribution is 5.73. The first-order chi connectivity index (χ1) is 13.5. The Morgan fingerprint density at radius 2 is 2.14 bits per heavy atom. The minimum Gasteiger partial charge on any atom is -0.475 e. The number of carbonyl (C=O) groups is 1. The molecule has 0 atom stereocenters. The van der Waals surface area contributed by atoms with Gasteiger partial charge in [0.05, 0.1) is 37.8 Å². The van der Waals surface area contributed by atoms with Gasteiger partial charge in [0.15, 0.2) is 0 Å². The van der Waals surface area contributed by atoms with E-state index < -0.39 is 5.82 Å². The van der Waals surface area contributed by atoms with Crippen LogP contribution in [0.2, 0.25) is 0 Å². The molecule has 9 nitrogen and oxygen atoms in total. The van der Waals surface area contributed by atoms with Crippen molar-refractivity contribution in [2.45, 2.75) is 45.2 Å². The number of ether oxygens (including phenoxy) is 1. The lowest BCUT2D eigenvalue weighted by atomic mass is 9.86. The van der Waals surface area contributed by atoms with Crippen LogP contribution in [0.25, 0.3) is 0 Å². The number of aromatic nitrogens is 4. The molecule has 1 fully saturated rings. The third-order valence-corrected chi connectivity index (χ3v) is 4.64. The van der Waals surface area contributed by atoms with Crippen LogP contribution in [0.5, 0.6) is 5.88 Å². The molecule has 0 unspecified atom stereocenters. The van der Waals surface area contributed by atoms with Crippen molar-refractivity contribution in [3.05, 3.63) is 24.4 Å². The van der Waals surface area contributed by atoms with Gasteiger partial charge in [-0.3, -0.25) is 9.48 Å². The van der Waals surface area contributed by atoms with Gasteiger partial charge in [0.2, 0.25) is 17.7 Å². The number of rotatable bonds is 8. The SMILES string of the molecule is CC(=O)NC1CCC(COc2nc(Nc3cnn(CCO)c3)ncc2F)CC1. The summed E-state index contributed by atoms with van der Waals surface area (Å²) in [6.07, 6.45) is 7.93. The van der Waals surface area contributed by atoms with Gasteiger partial charge in [0.25, 0.3) is 5.88 Å². The molecule has 0 radical (unpaired) electrons. The van der Waals surface area contributed by atoms with Gasteiger partial charge < -0.3 is 20.5 Å². The van der Waals surface area contributed by atoms with E-state index in [-0.39, 0.29) is 30.4 Å². The first kappa shape index (κ1) is 20.0. The lowest BCUT2D eigenvalue weighted by molar-refractivity contribution is -0.119. The molecule has 2 aromatic heterocycles. The molecule has 1 saturated carbocycles. The van der Waals surface area contributed by atoms with E-state index in [0.717, 1.165) is 31.9 Å². The molecule has 1 aliphatic carbocycles. The van der Waals surface area contributed by atoms with Gasteiger partial charge in [-0.05, 0) is 31.6 Å². The zero-order chi connectivity index (χ0) is 19.9. The molecule has 10 heteroatoms. The fourth-order valence-electron chi connectivity index (χ4n) is 3.25. The Labute approximate surface area is 162 Å². The number of nitrogens with one attached hydrogen (secondary N) is 2. The second kappa shape index (κ2) is 9.45. The molecule has 3 N–H and O–H groups in total. The molecule has 0 aliphatic heterocycles. The highest BCUT2D eigenvalue weighted by atomic mass is 19.1. The quantitative estimate of drug-likeness (QED) is 0.625. The van der Waals surface area contributed by atoms with Crippen LogP contribution in [0, 0.1) is 11.7 Å². The number of aliphatic hydroxyl groups excluding tert-OH is 1. The lowest BCUT2D eigenvalue weighted by Crippen LogP contribution is -2.37. The van der Waals surface area contributed by atoms with Crippen molar-refractivity contribution in [1.29, 1.82) is 0 Å². The molecule has 2 aromatic rings. The normalized spacial score (nSPS) is 19.2. The van der Waals surface area contributed by atoms with Crippen LogP contribution < -0.4 is 15.4 Å². The van der Waals surface area contributed by atoms with Crippen LogP contribution in [0.1, 0.15) is 32.6 Å². The van der Waals surface area contributed by atoms with Crippen LogP contribution in [-0.4, -0.2) is 50.0 Å². The van der Waals surface area contributed by atoms with E-state index >= 15 is 0 Å². The van der Waals surface area contributed by atoms with Crippen LogP contribution in [0.15, 0.2) is 18.6 Å². The fraction of sp³-hybridized carbons (Fsp3) is 0.556. The van der Waals surface area contributed by atoms with Gasteiger partial charge in [-0.25, -0.2) is 4.98 Å². The second-order valence-electron chi connectivity index (χ2n) is 6.92. The van der Waals surface area contributed by atoms with Crippen LogP contribution in [0.4, 0.5) is 16.0 Å². The number of anilines is 2. The van der Waals surface area contributed by atoms with Crippen molar-refractivity contribution in [2.75, 3.05) is 18.5 Å². The molecule has 0 spiro atoms. The van der Waals surface area contributed by atoms with E-state index in [4.69, 9.17) is 9.84 Å². The molecule has 0 bridgehead atoms. The van der Waals surface area contributed by atoms with E-state index in [0.29, 0.717) is 24.8 Å². The maximum Gasteiger partial charge on any atom is 0.255 e. The van der Waals surface area contributed by atoms with Crippen molar-refractivity contribution in [1.82, 2.24) is 25.1 Å². The molecule has 152 valence electrons. The molecule has 1 aliphatic rings. The van der Waals surface area contributed by atoms with Gasteiger partial charge in [-0.1, -0.05) is 0 Å². The predicted octanol–water partition coefficient (Wildman–Crippen LogP) is 1.62. The van der Waals surface area contributed by atoms with Gasteiger partial charge >= 0.3 is 0 Å². The summed E-state index contributed by atoms with van der Waals surface area (Å²) in [5.41, 5.74) is 0.627. The third kappa shape index (κ3) is 5.62. The van der Waals surface area contributed by atoms with E-state index in [1.807, 2.05) is 0 Å². The largest absolute Gasteiger partial charge is 0.475 e. The first-order valence-electron chi connectivity index (χ1n) is 9.36. The summed E-state index contributed by atoms with van der Waals surface area (Å²) in [7, 11) is 0. The number of hydrogen-bond donors (Lipinski definition) is 3. The Bertz CT molecular complexity index is 791. The summed E-state index contributed by atoms with van der Waals surface area (Å²) in [5.74, 6) is -0.218. The maximum atomic E-state index is 14.0. The maximum absolute atomic E-state index is 14.0. The summed E-state index contributed by atoms with van der Waals surface area (Å²) in [6, 6.07) is 0.215. The average Bonchev–Trinajstić information content (AvgIpc) is 3.10. The molecule has 28 heavy (non-hydrogen) atoms. The molecule has 0 aromatic carbocycles. The standard InChI is InChI=1S/C18H25FN6O3/c1-12(27)22-14-4-2-13(3-5-14)11-28-17-16(19)9-20-18(24-17)23-15-8-21-25(10-15)6-7-26/h8-10,13-14,26H,2-7,11H2,1H3,(H,22,27)(H,20,23,24). The zero-order valence-corrected chi connectivity index (χ0v) is 15.8. The highest BCUT2D eigenvalue weighted by Gasteiger charge is 2.22. The van der Waals surface area contributed by atoms with E-state index in [1.165, 1.54) is 6.92 Å². The number of halogens is 1. The summed E-state index contributed by atoms with van der Waals surface area (Å²) in [4.78, 5) is 19.1. The molecule has 2 heterocycles. The van der Waals surface area contributed by atoms with Crippen LogP contribution in [-0.2, 0) is 11.3 Å². The number of nitrogens with zero attached hydrogens (tertiary/aromatic N) is 4. The Balaban J connectivity index is 1.53. The molecular weight excluding hydrogens is 367 g/mol. The summed E-state index contributed by atoms with van der Waals surface area (Å²) in [6.45, 7) is 2.26. The Morgan fingerprint density at radius 3 is 2.86 bits per heavy atom. The Kier molecular flexibility index (Phi) is 6.75. The van der Waals surface area contributed by atoms with Crippen LogP contribution in [0.3, 0.4) is 0 Å². The highest BCUT2D eigenvalue weighted by Crippen LogP contribution is 2.26. The third-order valence-electron chi connectivity index (χ3n) is 4.64. The molecule has 1 amide bonds. The minimum atomic E-state index is -0.617. The molecule has 3 rings (SSSR count). The number of aliphatic hydroxyl groups is 1. The van der Waals surface area contributed by atoms with E-state index in [1.54, 1.807) is 17.1 Å². The van der Waals surface area contributed by atoms with Crippen molar-refractivity contribution < 1.29 is 19.0 Å². The smallest absolute Gasteiger partial charge is 0.255 e. The van der Waals surface area contributed by atoms with Crippen molar-refractivity contribution in [2.24, 2.45) is 5.92 Å². The molecular formula is C18H25FN6O3. The zero-order valence-electron chi connectivity index (χ0n) is 15.8.